The molecule has 3 aromatic rings. The zero-order valence-electron chi connectivity index (χ0n) is 11.6. The second-order valence-electron chi connectivity index (χ2n) is 5.12. The van der Waals surface area contributed by atoms with Gasteiger partial charge in [0.2, 0.25) is 0 Å². The lowest BCUT2D eigenvalue weighted by molar-refractivity contribution is 0.817. The van der Waals surface area contributed by atoms with Crippen molar-refractivity contribution in [3.63, 3.8) is 0 Å². The molecular weight excluding hydrogens is 246 g/mol. The van der Waals surface area contributed by atoms with Crippen molar-refractivity contribution in [2.75, 3.05) is 0 Å². The summed E-state index contributed by atoms with van der Waals surface area (Å²) in [5.74, 6) is 0. The highest BCUT2D eigenvalue weighted by Crippen LogP contribution is 2.18. The molecule has 0 saturated carbocycles. The Bertz CT molecular complexity index is 822. The third-order valence-corrected chi connectivity index (χ3v) is 3.60. The van der Waals surface area contributed by atoms with Gasteiger partial charge in [0.15, 0.2) is 0 Å². The Morgan fingerprint density at radius 2 is 2.00 bits per heavy atom. The predicted octanol–water partition coefficient (Wildman–Crippen LogP) is 3.57. The van der Waals surface area contributed by atoms with Crippen LogP contribution in [0.25, 0.3) is 11.0 Å². The summed E-state index contributed by atoms with van der Waals surface area (Å²) in [7, 11) is 0. The van der Waals surface area contributed by atoms with Gasteiger partial charge in [-0.25, -0.2) is 4.98 Å². The molecule has 0 radical (unpaired) electrons. The standard InChI is InChI=1S/C17H15N3/c1-12-3-4-13(2)15(7-12)10-20-11-19-16-6-5-14(9-18)8-17(16)20/h3-8,11H,10H2,1-2H3. The normalized spacial score (nSPS) is 10.7. The minimum atomic E-state index is 0.667. The maximum atomic E-state index is 9.02. The Labute approximate surface area is 118 Å². The Hall–Kier alpha value is -2.60. The molecule has 20 heavy (non-hydrogen) atoms. The molecule has 0 bridgehead atoms. The number of fused-ring (bicyclic) bond motifs is 1. The average Bonchev–Trinajstić information content (AvgIpc) is 2.85. The van der Waals surface area contributed by atoms with Crippen LogP contribution in [0.15, 0.2) is 42.7 Å². The molecule has 1 heterocycles. The lowest BCUT2D eigenvalue weighted by atomic mass is 10.1. The van der Waals surface area contributed by atoms with Gasteiger partial charge in [-0.1, -0.05) is 23.8 Å². The van der Waals surface area contributed by atoms with Crippen molar-refractivity contribution in [3.8, 4) is 6.07 Å². The van der Waals surface area contributed by atoms with Gasteiger partial charge in [-0.2, -0.15) is 5.26 Å². The summed E-state index contributed by atoms with van der Waals surface area (Å²) in [6.45, 7) is 5.00. The van der Waals surface area contributed by atoms with E-state index in [0.29, 0.717) is 5.56 Å². The van der Waals surface area contributed by atoms with Gasteiger partial charge in [-0.15, -0.1) is 0 Å². The smallest absolute Gasteiger partial charge is 0.0992 e. The SMILES string of the molecule is Cc1ccc(C)c(Cn2cnc3ccc(C#N)cc32)c1. The minimum Gasteiger partial charge on any atom is -0.326 e. The molecule has 0 N–H and O–H groups in total. The van der Waals surface area contributed by atoms with E-state index in [4.69, 9.17) is 5.26 Å². The highest BCUT2D eigenvalue weighted by Gasteiger charge is 2.06. The van der Waals surface area contributed by atoms with Crippen LogP contribution in [0, 0.1) is 25.2 Å². The number of aromatic nitrogens is 2. The van der Waals surface area contributed by atoms with Gasteiger partial charge in [0.05, 0.1) is 29.0 Å². The number of nitriles is 1. The van der Waals surface area contributed by atoms with E-state index in [1.54, 1.807) is 6.07 Å². The summed E-state index contributed by atoms with van der Waals surface area (Å²) >= 11 is 0. The van der Waals surface area contributed by atoms with E-state index in [9.17, 15) is 0 Å². The van der Waals surface area contributed by atoms with Crippen molar-refractivity contribution in [2.24, 2.45) is 0 Å². The summed E-state index contributed by atoms with van der Waals surface area (Å²) in [5.41, 5.74) is 6.41. The van der Waals surface area contributed by atoms with Crippen LogP contribution in [-0.4, -0.2) is 9.55 Å². The van der Waals surface area contributed by atoms with Crippen LogP contribution in [0.4, 0.5) is 0 Å². The maximum absolute atomic E-state index is 9.02. The molecule has 0 amide bonds. The molecule has 98 valence electrons. The fourth-order valence-corrected chi connectivity index (χ4v) is 2.41. The maximum Gasteiger partial charge on any atom is 0.0992 e. The first-order chi connectivity index (χ1) is 9.67. The van der Waals surface area contributed by atoms with Crippen LogP contribution in [0.5, 0.6) is 0 Å². The number of aryl methyl sites for hydroxylation is 2. The number of imidazole rings is 1. The molecule has 3 nitrogen and oxygen atoms in total. The molecule has 2 aromatic carbocycles. The summed E-state index contributed by atoms with van der Waals surface area (Å²) in [4.78, 5) is 4.40. The molecule has 0 atom stereocenters. The van der Waals surface area contributed by atoms with E-state index in [1.165, 1.54) is 16.7 Å². The number of benzene rings is 2. The van der Waals surface area contributed by atoms with E-state index in [0.717, 1.165) is 17.6 Å². The van der Waals surface area contributed by atoms with E-state index < -0.39 is 0 Å². The summed E-state index contributed by atoms with van der Waals surface area (Å²) in [5, 5.41) is 9.02. The lowest BCUT2D eigenvalue weighted by Gasteiger charge is -2.09. The van der Waals surface area contributed by atoms with Gasteiger partial charge in [-0.05, 0) is 43.2 Å². The van der Waals surface area contributed by atoms with Crippen molar-refractivity contribution in [1.29, 1.82) is 5.26 Å². The van der Waals surface area contributed by atoms with Crippen LogP contribution in [0.3, 0.4) is 0 Å². The van der Waals surface area contributed by atoms with Crippen molar-refractivity contribution < 1.29 is 0 Å². The number of nitrogens with zero attached hydrogens (tertiary/aromatic N) is 3. The summed E-state index contributed by atoms with van der Waals surface area (Å²) in [6.07, 6.45) is 1.84. The van der Waals surface area contributed by atoms with Crippen LogP contribution in [-0.2, 0) is 6.54 Å². The Morgan fingerprint density at radius 3 is 2.80 bits per heavy atom. The van der Waals surface area contributed by atoms with Gasteiger partial charge < -0.3 is 4.57 Å². The molecule has 0 fully saturated rings. The first-order valence-corrected chi connectivity index (χ1v) is 6.58. The molecule has 0 saturated heterocycles. The zero-order valence-corrected chi connectivity index (χ0v) is 11.6. The monoisotopic (exact) mass is 261 g/mol. The van der Waals surface area contributed by atoms with Gasteiger partial charge in [0.25, 0.3) is 0 Å². The predicted molar refractivity (Wildman–Crippen MR) is 79.5 cm³/mol. The minimum absolute atomic E-state index is 0.667. The van der Waals surface area contributed by atoms with Crippen LogP contribution >= 0.6 is 0 Å². The van der Waals surface area contributed by atoms with Crippen molar-refractivity contribution >= 4 is 11.0 Å². The van der Waals surface area contributed by atoms with Crippen LogP contribution in [0.1, 0.15) is 22.3 Å². The zero-order chi connectivity index (χ0) is 14.1. The van der Waals surface area contributed by atoms with E-state index >= 15 is 0 Å². The third-order valence-electron chi connectivity index (χ3n) is 3.60. The largest absolute Gasteiger partial charge is 0.326 e. The number of rotatable bonds is 2. The Balaban J connectivity index is 2.07. The first-order valence-electron chi connectivity index (χ1n) is 6.58. The average molecular weight is 261 g/mol. The first kappa shape index (κ1) is 12.4. The topological polar surface area (TPSA) is 41.6 Å². The number of hydrogen-bond donors (Lipinski definition) is 0. The molecule has 0 aliphatic rings. The third kappa shape index (κ3) is 2.17. The van der Waals surface area contributed by atoms with Gasteiger partial charge in [-0.3, -0.25) is 0 Å². The van der Waals surface area contributed by atoms with Gasteiger partial charge >= 0.3 is 0 Å². The van der Waals surface area contributed by atoms with E-state index in [-0.39, 0.29) is 0 Å². The van der Waals surface area contributed by atoms with E-state index in [2.05, 4.69) is 47.7 Å². The fourth-order valence-electron chi connectivity index (χ4n) is 2.41. The number of hydrogen-bond acceptors (Lipinski definition) is 2. The second-order valence-corrected chi connectivity index (χ2v) is 5.12. The second kappa shape index (κ2) is 4.82. The van der Waals surface area contributed by atoms with Gasteiger partial charge in [0, 0.05) is 6.54 Å². The molecule has 0 spiro atoms. The summed E-state index contributed by atoms with van der Waals surface area (Å²) < 4.78 is 2.10. The Kier molecular flexibility index (Phi) is 3.00. The van der Waals surface area contributed by atoms with E-state index in [1.807, 2.05) is 18.5 Å². The highest BCUT2D eigenvalue weighted by atomic mass is 15.0. The molecule has 0 aliphatic carbocycles. The lowest BCUT2D eigenvalue weighted by Crippen LogP contribution is -2.00. The molecule has 0 unspecified atom stereocenters. The van der Waals surface area contributed by atoms with Crippen molar-refractivity contribution in [3.05, 3.63) is 65.0 Å². The molecule has 3 rings (SSSR count). The molecule has 1 aromatic heterocycles. The van der Waals surface area contributed by atoms with Crippen LogP contribution < -0.4 is 0 Å². The molecule has 3 heteroatoms. The Morgan fingerprint density at radius 1 is 1.15 bits per heavy atom. The van der Waals surface area contributed by atoms with Gasteiger partial charge in [0.1, 0.15) is 0 Å². The van der Waals surface area contributed by atoms with Crippen molar-refractivity contribution in [1.82, 2.24) is 9.55 Å². The summed E-state index contributed by atoms with van der Waals surface area (Å²) in [6, 6.07) is 14.2. The molecule has 0 aliphatic heterocycles. The quantitative estimate of drug-likeness (QED) is 0.707. The fraction of sp³-hybridized carbons (Fsp3) is 0.176. The van der Waals surface area contributed by atoms with Crippen molar-refractivity contribution in [2.45, 2.75) is 20.4 Å². The molecular formula is C17H15N3. The van der Waals surface area contributed by atoms with Crippen LogP contribution in [0.2, 0.25) is 0 Å². The highest BCUT2D eigenvalue weighted by molar-refractivity contribution is 5.77.